The van der Waals surface area contributed by atoms with Gasteiger partial charge in [-0.3, -0.25) is 4.79 Å². The van der Waals surface area contributed by atoms with E-state index in [9.17, 15) is 4.79 Å². The number of hydrogen-bond acceptors (Lipinski definition) is 2. The van der Waals surface area contributed by atoms with Gasteiger partial charge in [0.2, 0.25) is 0 Å². The molecule has 2 aliphatic rings. The summed E-state index contributed by atoms with van der Waals surface area (Å²) in [5, 5.41) is 8.75. The third-order valence-electron chi connectivity index (χ3n) is 4.12. The summed E-state index contributed by atoms with van der Waals surface area (Å²) in [5.74, 6) is 0.253. The molecule has 1 aliphatic carbocycles. The molecule has 16 heavy (non-hydrogen) atoms. The third-order valence-corrected chi connectivity index (χ3v) is 4.12. The van der Waals surface area contributed by atoms with Crippen LogP contribution in [-0.4, -0.2) is 35.6 Å². The molecule has 1 saturated carbocycles. The van der Waals surface area contributed by atoms with Gasteiger partial charge < -0.3 is 10.0 Å². The summed E-state index contributed by atoms with van der Waals surface area (Å²) < 4.78 is 0. The summed E-state index contributed by atoms with van der Waals surface area (Å²) in [6, 6.07) is 0. The topological polar surface area (TPSA) is 40.5 Å². The van der Waals surface area contributed by atoms with E-state index in [-0.39, 0.29) is 5.92 Å². The van der Waals surface area contributed by atoms with E-state index in [1.807, 2.05) is 0 Å². The second kappa shape index (κ2) is 5.67. The van der Waals surface area contributed by atoms with Gasteiger partial charge in [0.25, 0.3) is 0 Å². The standard InChI is InChI=1S/C13H23NO2/c15-13(16)12-9-14(10-12)8-4-7-11-5-2-1-3-6-11/h11-12H,1-10H2,(H,15,16). The molecular weight excluding hydrogens is 202 g/mol. The molecule has 0 aromatic carbocycles. The van der Waals surface area contributed by atoms with Crippen LogP contribution < -0.4 is 0 Å². The molecule has 3 nitrogen and oxygen atoms in total. The highest BCUT2D eigenvalue weighted by Crippen LogP contribution is 2.27. The van der Waals surface area contributed by atoms with Crippen LogP contribution in [0.1, 0.15) is 44.9 Å². The maximum absolute atomic E-state index is 10.6. The fraction of sp³-hybridized carbons (Fsp3) is 0.923. The molecule has 1 heterocycles. The van der Waals surface area contributed by atoms with E-state index in [0.29, 0.717) is 0 Å². The summed E-state index contributed by atoms with van der Waals surface area (Å²) in [5.41, 5.74) is 0. The SMILES string of the molecule is O=C(O)C1CN(CCCC2CCCCC2)C1. The zero-order valence-electron chi connectivity index (χ0n) is 10.0. The number of carboxylic acids is 1. The Balaban J connectivity index is 1.51. The molecule has 0 unspecified atom stereocenters. The van der Waals surface area contributed by atoms with Crippen molar-refractivity contribution in [2.75, 3.05) is 19.6 Å². The molecule has 0 bridgehead atoms. The maximum atomic E-state index is 10.6. The Kier molecular flexibility index (Phi) is 4.22. The Morgan fingerprint density at radius 3 is 2.50 bits per heavy atom. The van der Waals surface area contributed by atoms with Crippen LogP contribution in [0.4, 0.5) is 0 Å². The minimum absolute atomic E-state index is 0.0883. The van der Waals surface area contributed by atoms with Crippen molar-refractivity contribution >= 4 is 5.97 Å². The highest BCUT2D eigenvalue weighted by atomic mass is 16.4. The monoisotopic (exact) mass is 225 g/mol. The van der Waals surface area contributed by atoms with Crippen LogP contribution in [0.15, 0.2) is 0 Å². The Bertz CT molecular complexity index is 230. The molecule has 0 spiro atoms. The zero-order valence-corrected chi connectivity index (χ0v) is 10.0. The van der Waals surface area contributed by atoms with Crippen LogP contribution in [0.2, 0.25) is 0 Å². The van der Waals surface area contributed by atoms with Crippen LogP contribution in [0.25, 0.3) is 0 Å². The number of carbonyl (C=O) groups is 1. The van der Waals surface area contributed by atoms with Crippen LogP contribution in [0, 0.1) is 11.8 Å². The van der Waals surface area contributed by atoms with Gasteiger partial charge in [-0.1, -0.05) is 32.1 Å². The van der Waals surface area contributed by atoms with Gasteiger partial charge in [0.05, 0.1) is 5.92 Å². The van der Waals surface area contributed by atoms with Gasteiger partial charge in [-0.15, -0.1) is 0 Å². The summed E-state index contributed by atoms with van der Waals surface area (Å²) >= 11 is 0. The van der Waals surface area contributed by atoms with E-state index < -0.39 is 5.97 Å². The highest BCUT2D eigenvalue weighted by Gasteiger charge is 2.31. The van der Waals surface area contributed by atoms with Crippen molar-refractivity contribution in [1.29, 1.82) is 0 Å². The first-order valence-corrected chi connectivity index (χ1v) is 6.71. The van der Waals surface area contributed by atoms with Gasteiger partial charge in [0.1, 0.15) is 0 Å². The molecule has 92 valence electrons. The Labute approximate surface area is 97.8 Å². The number of carboxylic acid groups (broad SMARTS) is 1. The molecule has 0 radical (unpaired) electrons. The van der Waals surface area contributed by atoms with Crippen molar-refractivity contribution in [2.45, 2.75) is 44.9 Å². The minimum atomic E-state index is -0.622. The number of hydrogen-bond donors (Lipinski definition) is 1. The van der Waals surface area contributed by atoms with Gasteiger partial charge in [-0.05, 0) is 25.3 Å². The van der Waals surface area contributed by atoms with Gasteiger partial charge >= 0.3 is 5.97 Å². The van der Waals surface area contributed by atoms with E-state index >= 15 is 0 Å². The maximum Gasteiger partial charge on any atom is 0.309 e. The lowest BCUT2D eigenvalue weighted by molar-refractivity contribution is -0.147. The minimum Gasteiger partial charge on any atom is -0.481 e. The summed E-state index contributed by atoms with van der Waals surface area (Å²) in [7, 11) is 0. The first-order valence-electron chi connectivity index (χ1n) is 6.71. The smallest absolute Gasteiger partial charge is 0.309 e. The molecular formula is C13H23NO2. The normalized spacial score (nSPS) is 24.2. The van der Waals surface area contributed by atoms with E-state index in [1.165, 1.54) is 44.9 Å². The lowest BCUT2D eigenvalue weighted by atomic mass is 9.86. The molecule has 1 N–H and O–H groups in total. The molecule has 0 aromatic rings. The number of rotatable bonds is 5. The molecule has 0 amide bonds. The van der Waals surface area contributed by atoms with Crippen molar-refractivity contribution in [2.24, 2.45) is 11.8 Å². The zero-order chi connectivity index (χ0) is 11.4. The average molecular weight is 225 g/mol. The summed E-state index contributed by atoms with van der Waals surface area (Å²) in [6.07, 6.45) is 9.76. The molecule has 2 rings (SSSR count). The number of nitrogens with zero attached hydrogens (tertiary/aromatic N) is 1. The average Bonchev–Trinajstić information content (AvgIpc) is 2.22. The molecule has 3 heteroatoms. The molecule has 1 saturated heterocycles. The first-order chi connectivity index (χ1) is 7.75. The van der Waals surface area contributed by atoms with E-state index in [0.717, 1.165) is 25.6 Å². The molecule has 0 atom stereocenters. The fourth-order valence-corrected chi connectivity index (χ4v) is 2.99. The van der Waals surface area contributed by atoms with Crippen molar-refractivity contribution in [1.82, 2.24) is 4.90 Å². The van der Waals surface area contributed by atoms with E-state index in [2.05, 4.69) is 4.90 Å². The number of likely N-dealkylation sites (tertiary alicyclic amines) is 1. The van der Waals surface area contributed by atoms with Crippen molar-refractivity contribution in [3.8, 4) is 0 Å². The quantitative estimate of drug-likeness (QED) is 0.781. The van der Waals surface area contributed by atoms with Crippen molar-refractivity contribution in [3.63, 3.8) is 0 Å². The van der Waals surface area contributed by atoms with Crippen LogP contribution >= 0.6 is 0 Å². The van der Waals surface area contributed by atoms with Gasteiger partial charge in [-0.2, -0.15) is 0 Å². The van der Waals surface area contributed by atoms with Crippen LogP contribution in [0.3, 0.4) is 0 Å². The molecule has 1 aliphatic heterocycles. The van der Waals surface area contributed by atoms with Gasteiger partial charge in [-0.25, -0.2) is 0 Å². The van der Waals surface area contributed by atoms with Gasteiger partial charge in [0, 0.05) is 13.1 Å². The Morgan fingerprint density at radius 2 is 1.88 bits per heavy atom. The summed E-state index contributed by atoms with van der Waals surface area (Å²) in [6.45, 7) is 2.67. The second-order valence-corrected chi connectivity index (χ2v) is 5.44. The van der Waals surface area contributed by atoms with Crippen LogP contribution in [-0.2, 0) is 4.79 Å². The Hall–Kier alpha value is -0.570. The third kappa shape index (κ3) is 3.21. The molecule has 2 fully saturated rings. The number of aliphatic carboxylic acids is 1. The Morgan fingerprint density at radius 1 is 1.19 bits per heavy atom. The van der Waals surface area contributed by atoms with Crippen molar-refractivity contribution in [3.05, 3.63) is 0 Å². The van der Waals surface area contributed by atoms with E-state index in [4.69, 9.17) is 5.11 Å². The van der Waals surface area contributed by atoms with Crippen molar-refractivity contribution < 1.29 is 9.90 Å². The predicted molar refractivity (Wildman–Crippen MR) is 63.4 cm³/mol. The highest BCUT2D eigenvalue weighted by molar-refractivity contribution is 5.71. The lowest BCUT2D eigenvalue weighted by Crippen LogP contribution is -2.50. The van der Waals surface area contributed by atoms with E-state index in [1.54, 1.807) is 0 Å². The predicted octanol–water partition coefficient (Wildman–Crippen LogP) is 2.36. The summed E-state index contributed by atoms with van der Waals surface area (Å²) in [4.78, 5) is 12.9. The largest absolute Gasteiger partial charge is 0.481 e. The van der Waals surface area contributed by atoms with Crippen LogP contribution in [0.5, 0.6) is 0 Å². The van der Waals surface area contributed by atoms with Gasteiger partial charge in [0.15, 0.2) is 0 Å². The second-order valence-electron chi connectivity index (χ2n) is 5.44. The lowest BCUT2D eigenvalue weighted by Gasteiger charge is -2.37. The first kappa shape index (κ1) is 11.9. The fourth-order valence-electron chi connectivity index (χ4n) is 2.99. The molecule has 0 aromatic heterocycles.